The van der Waals surface area contributed by atoms with Crippen LogP contribution in [0.5, 0.6) is 5.75 Å². The first-order valence-corrected chi connectivity index (χ1v) is 6.18. The Morgan fingerprint density at radius 3 is 2.53 bits per heavy atom. The van der Waals surface area contributed by atoms with E-state index in [1.165, 1.54) is 5.56 Å². The molecule has 0 saturated carbocycles. The van der Waals surface area contributed by atoms with Gasteiger partial charge in [-0.3, -0.25) is 0 Å². The Balaban J connectivity index is 2.05. The van der Waals surface area contributed by atoms with E-state index in [1.807, 2.05) is 43.3 Å². The Bertz CT molecular complexity index is 561. The monoisotopic (exact) mass is 256 g/mol. The maximum Gasteiger partial charge on any atom is 0.339 e. The highest BCUT2D eigenvalue weighted by atomic mass is 16.5. The van der Waals surface area contributed by atoms with Gasteiger partial charge in [0, 0.05) is 6.42 Å². The number of carboxylic acid groups (broad SMARTS) is 1. The molecule has 0 bridgehead atoms. The lowest BCUT2D eigenvalue weighted by Crippen LogP contribution is -2.07. The van der Waals surface area contributed by atoms with Gasteiger partial charge in [0.2, 0.25) is 0 Å². The quantitative estimate of drug-likeness (QED) is 0.892. The molecule has 0 aliphatic carbocycles. The van der Waals surface area contributed by atoms with Crippen molar-refractivity contribution in [3.8, 4) is 5.75 Å². The van der Waals surface area contributed by atoms with Crippen molar-refractivity contribution in [2.24, 2.45) is 0 Å². The predicted octanol–water partition coefficient (Wildman–Crippen LogP) is 3.31. The summed E-state index contributed by atoms with van der Waals surface area (Å²) in [6.07, 6.45) is 0.758. The average molecular weight is 256 g/mol. The van der Waals surface area contributed by atoms with Crippen molar-refractivity contribution >= 4 is 5.97 Å². The molecule has 3 nitrogen and oxygen atoms in total. The minimum Gasteiger partial charge on any atom is -0.492 e. The molecule has 0 aliphatic rings. The number of hydrogen-bond donors (Lipinski definition) is 1. The van der Waals surface area contributed by atoms with Crippen LogP contribution in [-0.2, 0) is 6.42 Å². The topological polar surface area (TPSA) is 46.5 Å². The Labute approximate surface area is 112 Å². The van der Waals surface area contributed by atoms with E-state index in [-0.39, 0.29) is 5.56 Å². The van der Waals surface area contributed by atoms with Gasteiger partial charge in [0.05, 0.1) is 6.61 Å². The predicted molar refractivity (Wildman–Crippen MR) is 73.8 cm³/mol. The molecule has 19 heavy (non-hydrogen) atoms. The van der Waals surface area contributed by atoms with E-state index in [1.54, 1.807) is 12.1 Å². The lowest BCUT2D eigenvalue weighted by molar-refractivity contribution is 0.0692. The molecule has 0 saturated heterocycles. The molecule has 3 heteroatoms. The minimum absolute atomic E-state index is 0.216. The van der Waals surface area contributed by atoms with Gasteiger partial charge < -0.3 is 9.84 Å². The lowest BCUT2D eigenvalue weighted by atomic mass is 10.1. The molecule has 0 aliphatic heterocycles. The average Bonchev–Trinajstić information content (AvgIpc) is 2.41. The molecule has 0 heterocycles. The molecule has 98 valence electrons. The Morgan fingerprint density at radius 2 is 1.84 bits per heavy atom. The maximum atomic E-state index is 11.1. The summed E-state index contributed by atoms with van der Waals surface area (Å²) in [5.74, 6) is -0.496. The highest BCUT2D eigenvalue weighted by Gasteiger charge is 2.12. The Kier molecular flexibility index (Phi) is 4.18. The van der Waals surface area contributed by atoms with Gasteiger partial charge in [0.25, 0.3) is 0 Å². The summed E-state index contributed by atoms with van der Waals surface area (Å²) < 4.78 is 5.65. The molecule has 0 amide bonds. The summed E-state index contributed by atoms with van der Waals surface area (Å²) in [5.41, 5.74) is 2.23. The molecule has 0 aromatic heterocycles. The van der Waals surface area contributed by atoms with Crippen LogP contribution in [0.2, 0.25) is 0 Å². The molecule has 0 atom stereocenters. The van der Waals surface area contributed by atoms with Crippen molar-refractivity contribution in [3.63, 3.8) is 0 Å². The second kappa shape index (κ2) is 6.05. The first kappa shape index (κ1) is 13.1. The van der Waals surface area contributed by atoms with Gasteiger partial charge in [-0.15, -0.1) is 0 Å². The van der Waals surface area contributed by atoms with Gasteiger partial charge in [0.15, 0.2) is 0 Å². The van der Waals surface area contributed by atoms with Crippen LogP contribution >= 0.6 is 0 Å². The largest absolute Gasteiger partial charge is 0.492 e. The molecular formula is C16H16O3. The number of aromatic carboxylic acids is 1. The van der Waals surface area contributed by atoms with Crippen LogP contribution in [0.15, 0.2) is 48.5 Å². The molecule has 2 aromatic rings. The Hall–Kier alpha value is -2.29. The summed E-state index contributed by atoms with van der Waals surface area (Å²) in [7, 11) is 0. The van der Waals surface area contributed by atoms with Crippen molar-refractivity contribution in [3.05, 3.63) is 65.2 Å². The van der Waals surface area contributed by atoms with E-state index in [9.17, 15) is 4.79 Å². The van der Waals surface area contributed by atoms with Crippen molar-refractivity contribution in [1.29, 1.82) is 0 Å². The summed E-state index contributed by atoms with van der Waals surface area (Å²) in [6, 6.07) is 15.1. The van der Waals surface area contributed by atoms with Gasteiger partial charge in [-0.2, -0.15) is 0 Å². The van der Waals surface area contributed by atoms with Crippen LogP contribution in [-0.4, -0.2) is 17.7 Å². The number of ether oxygens (including phenoxy) is 1. The molecule has 2 aromatic carbocycles. The third-order valence-corrected chi connectivity index (χ3v) is 2.92. The van der Waals surface area contributed by atoms with Gasteiger partial charge in [-0.05, 0) is 24.1 Å². The third kappa shape index (κ3) is 3.35. The summed E-state index contributed by atoms with van der Waals surface area (Å²) in [5, 5.41) is 9.13. The van der Waals surface area contributed by atoms with E-state index >= 15 is 0 Å². The zero-order valence-corrected chi connectivity index (χ0v) is 10.8. The minimum atomic E-state index is -0.960. The smallest absolute Gasteiger partial charge is 0.339 e. The standard InChI is InChI=1S/C16H16O3/c1-12-6-5-9-14(16(17)18)15(12)19-11-10-13-7-3-2-4-8-13/h2-9H,10-11H2,1H3,(H,17,18). The maximum absolute atomic E-state index is 11.1. The number of carboxylic acids is 1. The molecule has 1 N–H and O–H groups in total. The highest BCUT2D eigenvalue weighted by molar-refractivity contribution is 5.91. The molecule has 0 unspecified atom stereocenters. The number of hydrogen-bond acceptors (Lipinski definition) is 2. The number of aryl methyl sites for hydroxylation is 1. The number of rotatable bonds is 5. The second-order valence-electron chi connectivity index (χ2n) is 4.34. The van der Waals surface area contributed by atoms with Crippen LogP contribution in [0, 0.1) is 6.92 Å². The third-order valence-electron chi connectivity index (χ3n) is 2.92. The Morgan fingerprint density at radius 1 is 1.11 bits per heavy atom. The number of carbonyl (C=O) groups is 1. The van der Waals surface area contributed by atoms with E-state index in [0.29, 0.717) is 12.4 Å². The van der Waals surface area contributed by atoms with Crippen molar-refractivity contribution in [1.82, 2.24) is 0 Å². The second-order valence-corrected chi connectivity index (χ2v) is 4.34. The van der Waals surface area contributed by atoms with E-state index in [4.69, 9.17) is 9.84 Å². The van der Waals surface area contributed by atoms with Crippen LogP contribution in [0.4, 0.5) is 0 Å². The fourth-order valence-electron chi connectivity index (χ4n) is 1.93. The van der Waals surface area contributed by atoms with Crippen LogP contribution in [0.25, 0.3) is 0 Å². The van der Waals surface area contributed by atoms with Gasteiger partial charge in [-0.1, -0.05) is 42.5 Å². The molecule has 0 spiro atoms. The van der Waals surface area contributed by atoms with Crippen LogP contribution in [0.3, 0.4) is 0 Å². The van der Waals surface area contributed by atoms with E-state index < -0.39 is 5.97 Å². The number of para-hydroxylation sites is 1. The molecule has 0 radical (unpaired) electrons. The van der Waals surface area contributed by atoms with Crippen molar-refractivity contribution in [2.45, 2.75) is 13.3 Å². The molecule has 2 rings (SSSR count). The highest BCUT2D eigenvalue weighted by Crippen LogP contribution is 2.23. The van der Waals surface area contributed by atoms with Crippen LogP contribution in [0.1, 0.15) is 21.5 Å². The molecule has 0 fully saturated rings. The summed E-state index contributed by atoms with van der Waals surface area (Å²) >= 11 is 0. The number of benzene rings is 2. The SMILES string of the molecule is Cc1cccc(C(=O)O)c1OCCc1ccccc1. The lowest BCUT2D eigenvalue weighted by Gasteiger charge is -2.11. The first-order chi connectivity index (χ1) is 9.18. The van der Waals surface area contributed by atoms with Crippen molar-refractivity contribution < 1.29 is 14.6 Å². The van der Waals surface area contributed by atoms with E-state index in [2.05, 4.69) is 0 Å². The fourth-order valence-corrected chi connectivity index (χ4v) is 1.93. The zero-order valence-electron chi connectivity index (χ0n) is 10.8. The van der Waals surface area contributed by atoms with E-state index in [0.717, 1.165) is 12.0 Å². The summed E-state index contributed by atoms with van der Waals surface area (Å²) in [4.78, 5) is 11.1. The summed E-state index contributed by atoms with van der Waals surface area (Å²) in [6.45, 7) is 2.32. The normalized spacial score (nSPS) is 10.2. The zero-order chi connectivity index (χ0) is 13.7. The van der Waals surface area contributed by atoms with Gasteiger partial charge in [0.1, 0.15) is 11.3 Å². The fraction of sp³-hybridized carbons (Fsp3) is 0.188. The van der Waals surface area contributed by atoms with Gasteiger partial charge in [-0.25, -0.2) is 4.79 Å². The van der Waals surface area contributed by atoms with Gasteiger partial charge >= 0.3 is 5.97 Å². The first-order valence-electron chi connectivity index (χ1n) is 6.18. The molecular weight excluding hydrogens is 240 g/mol. The van der Waals surface area contributed by atoms with Crippen molar-refractivity contribution in [2.75, 3.05) is 6.61 Å². The van der Waals surface area contributed by atoms with Crippen LogP contribution < -0.4 is 4.74 Å².